The molecule has 0 aliphatic carbocycles. The fourth-order valence-electron chi connectivity index (χ4n) is 4.70. The van der Waals surface area contributed by atoms with Crippen LogP contribution in [0.25, 0.3) is 0 Å². The third-order valence-corrected chi connectivity index (χ3v) is 6.99. The largest absolute Gasteiger partial charge is 0.508 e. The van der Waals surface area contributed by atoms with Gasteiger partial charge in [0.05, 0.1) is 19.3 Å². The van der Waals surface area contributed by atoms with Gasteiger partial charge in [0, 0.05) is 32.2 Å². The second-order valence-corrected chi connectivity index (χ2v) is 10.5. The normalized spacial score (nSPS) is 14.1. The Morgan fingerprint density at radius 2 is 1.74 bits per heavy atom. The maximum Gasteiger partial charge on any atom is 0.360 e. The van der Waals surface area contributed by atoms with Crippen molar-refractivity contribution in [2.75, 3.05) is 32.8 Å². The molecule has 0 radical (unpaired) electrons. The van der Waals surface area contributed by atoms with E-state index in [-0.39, 0.29) is 25.4 Å². The number of amides is 3. The van der Waals surface area contributed by atoms with Crippen molar-refractivity contribution in [1.29, 1.82) is 0 Å². The van der Waals surface area contributed by atoms with E-state index in [4.69, 9.17) is 9.57 Å². The molecule has 0 bridgehead atoms. The summed E-state index contributed by atoms with van der Waals surface area (Å²) >= 11 is 0. The molecule has 4 N–H and O–H groups in total. The molecule has 230 valence electrons. The fourth-order valence-corrected chi connectivity index (χ4v) is 4.70. The molecule has 42 heavy (non-hydrogen) atoms. The van der Waals surface area contributed by atoms with E-state index in [1.54, 1.807) is 12.1 Å². The highest BCUT2D eigenvalue weighted by atomic mass is 16.7. The molecule has 1 fully saturated rings. The highest BCUT2D eigenvalue weighted by Gasteiger charge is 2.38. The number of imide groups is 1. The van der Waals surface area contributed by atoms with Crippen molar-refractivity contribution in [2.24, 2.45) is 0 Å². The van der Waals surface area contributed by atoms with Crippen LogP contribution in [0.3, 0.4) is 0 Å². The van der Waals surface area contributed by atoms with E-state index in [0.29, 0.717) is 24.3 Å². The number of hydrogen-bond donors (Lipinski definition) is 4. The first-order chi connectivity index (χ1) is 20.3. The van der Waals surface area contributed by atoms with Gasteiger partial charge in [-0.05, 0) is 67.5 Å². The zero-order valence-corrected chi connectivity index (χ0v) is 24.3. The Morgan fingerprint density at radius 1 is 1.00 bits per heavy atom. The van der Waals surface area contributed by atoms with E-state index in [0.717, 1.165) is 79.2 Å². The maximum absolute atomic E-state index is 12.3. The molecule has 11 nitrogen and oxygen atoms in total. The van der Waals surface area contributed by atoms with E-state index in [2.05, 4.69) is 5.32 Å². The van der Waals surface area contributed by atoms with E-state index in [1.165, 1.54) is 13.0 Å². The number of unbranched alkanes of at least 4 members (excludes halogenated alkanes) is 4. The van der Waals surface area contributed by atoms with Crippen LogP contribution in [0.5, 0.6) is 5.75 Å². The average Bonchev–Trinajstić information content (AvgIpc) is 3.22. The first-order valence-corrected chi connectivity index (χ1v) is 14.6. The van der Waals surface area contributed by atoms with Crippen molar-refractivity contribution < 1.29 is 39.3 Å². The molecule has 1 aliphatic heterocycles. The number of nitrogens with zero attached hydrogens (tertiary/aromatic N) is 2. The Kier molecular flexibility index (Phi) is 13.7. The molecule has 1 atom stereocenters. The molecular weight excluding hydrogens is 542 g/mol. The van der Waals surface area contributed by atoms with E-state index >= 15 is 0 Å². The van der Waals surface area contributed by atoms with Gasteiger partial charge in [0.2, 0.25) is 0 Å². The van der Waals surface area contributed by atoms with Crippen molar-refractivity contribution in [3.8, 4) is 5.75 Å². The molecule has 0 spiro atoms. The highest BCUT2D eigenvalue weighted by Crippen LogP contribution is 2.22. The Morgan fingerprint density at radius 3 is 2.50 bits per heavy atom. The predicted octanol–water partition coefficient (Wildman–Crippen LogP) is 3.35. The molecule has 3 amide bonds. The van der Waals surface area contributed by atoms with Crippen LogP contribution in [0.1, 0.15) is 73.8 Å². The number of benzene rings is 2. The summed E-state index contributed by atoms with van der Waals surface area (Å²) in [4.78, 5) is 41.5. The number of hydrogen-bond acceptors (Lipinski definition) is 9. The number of urea groups is 1. The monoisotopic (exact) mass is 585 g/mol. The number of aliphatic hydroxyl groups excluding tert-OH is 2. The van der Waals surface area contributed by atoms with Gasteiger partial charge in [-0.2, -0.15) is 0 Å². The van der Waals surface area contributed by atoms with Crippen LogP contribution in [-0.2, 0) is 38.7 Å². The first kappa shape index (κ1) is 33.0. The van der Waals surface area contributed by atoms with Gasteiger partial charge in [-0.25, -0.2) is 4.79 Å². The number of nitrogens with one attached hydrogen (secondary N) is 1. The van der Waals surface area contributed by atoms with Crippen molar-refractivity contribution in [3.05, 3.63) is 64.7 Å². The highest BCUT2D eigenvalue weighted by molar-refractivity contribution is 6.01. The summed E-state index contributed by atoms with van der Waals surface area (Å²) < 4.78 is 5.77. The number of phenols is 1. The smallest absolute Gasteiger partial charge is 0.360 e. The Labute approximate surface area is 247 Å². The summed E-state index contributed by atoms with van der Waals surface area (Å²) in [6.45, 7) is 3.44. The Bertz CT molecular complexity index is 1170. The number of hydroxylamine groups is 2. The third kappa shape index (κ3) is 10.7. The molecule has 2 aromatic rings. The molecule has 1 heterocycles. The quantitative estimate of drug-likeness (QED) is 0.144. The molecule has 0 aromatic heterocycles. The standard InChI is InChI=1S/C31H43N3O8/c1-23(36)42-34-21-30(39)33(31(34)40)20-25-11-8-10-24(17-25)9-4-7-16-41-15-6-3-2-5-14-32-19-29(38)26-12-13-28(37)27(18-26)22-35/h8,10-13,17-18,29,32,35,37-38H,2-7,9,14-16,19-22H2,1H3/t29-/m1/s1. The summed E-state index contributed by atoms with van der Waals surface area (Å²) in [6, 6.07) is 11.9. The number of carbonyl (C=O) groups excluding carboxylic acids is 3. The minimum Gasteiger partial charge on any atom is -0.508 e. The Balaban J connectivity index is 1.19. The van der Waals surface area contributed by atoms with E-state index < -0.39 is 24.0 Å². The predicted molar refractivity (Wildman–Crippen MR) is 155 cm³/mol. The van der Waals surface area contributed by atoms with Gasteiger partial charge < -0.3 is 30.2 Å². The van der Waals surface area contributed by atoms with Gasteiger partial charge in [-0.3, -0.25) is 14.5 Å². The van der Waals surface area contributed by atoms with Crippen LogP contribution >= 0.6 is 0 Å². The molecule has 1 saturated heterocycles. The van der Waals surface area contributed by atoms with Crippen molar-refractivity contribution in [2.45, 2.75) is 71.1 Å². The van der Waals surface area contributed by atoms with Gasteiger partial charge >= 0.3 is 12.0 Å². The molecule has 0 saturated carbocycles. The molecule has 2 aromatic carbocycles. The minimum absolute atomic E-state index is 0.0265. The minimum atomic E-state index is -0.694. The van der Waals surface area contributed by atoms with Crippen LogP contribution in [-0.4, -0.2) is 76.0 Å². The van der Waals surface area contributed by atoms with Crippen molar-refractivity contribution >= 4 is 17.9 Å². The van der Waals surface area contributed by atoms with Gasteiger partial charge in [-0.1, -0.05) is 43.2 Å². The van der Waals surface area contributed by atoms with E-state index in [9.17, 15) is 29.7 Å². The summed E-state index contributed by atoms with van der Waals surface area (Å²) in [5.41, 5.74) is 3.04. The summed E-state index contributed by atoms with van der Waals surface area (Å²) in [6.07, 6.45) is 6.25. The lowest BCUT2D eigenvalue weighted by atomic mass is 10.1. The molecule has 1 aliphatic rings. The number of aliphatic hydroxyl groups is 2. The molecule has 11 heteroatoms. The topological polar surface area (TPSA) is 149 Å². The lowest BCUT2D eigenvalue weighted by Gasteiger charge is -2.16. The fraction of sp³-hybridized carbons (Fsp3) is 0.516. The van der Waals surface area contributed by atoms with Gasteiger partial charge in [0.15, 0.2) is 0 Å². The first-order valence-electron chi connectivity index (χ1n) is 14.6. The zero-order chi connectivity index (χ0) is 30.3. The third-order valence-electron chi connectivity index (χ3n) is 6.99. The molecule has 0 unspecified atom stereocenters. The SMILES string of the molecule is CC(=O)ON1CC(=O)N(Cc2cccc(CCCCOCCCCCCNC[C@@H](O)c3ccc(O)c(CO)c3)c2)C1=O. The second-order valence-electron chi connectivity index (χ2n) is 10.5. The summed E-state index contributed by atoms with van der Waals surface area (Å²) in [5.74, 6) is -1.02. The molecular formula is C31H43N3O8. The van der Waals surface area contributed by atoms with Crippen LogP contribution in [0.4, 0.5) is 4.79 Å². The summed E-state index contributed by atoms with van der Waals surface area (Å²) in [7, 11) is 0. The van der Waals surface area contributed by atoms with Gasteiger partial charge in [-0.15, -0.1) is 5.06 Å². The summed E-state index contributed by atoms with van der Waals surface area (Å²) in [5, 5.41) is 33.2. The lowest BCUT2D eigenvalue weighted by molar-refractivity contribution is -0.171. The number of carbonyl (C=O) groups is 3. The van der Waals surface area contributed by atoms with Crippen LogP contribution in [0, 0.1) is 0 Å². The maximum atomic E-state index is 12.3. The zero-order valence-electron chi connectivity index (χ0n) is 24.3. The Hall–Kier alpha value is -3.51. The molecule has 3 rings (SSSR count). The number of rotatable bonds is 19. The van der Waals surface area contributed by atoms with Crippen molar-refractivity contribution in [1.82, 2.24) is 15.3 Å². The second kappa shape index (κ2) is 17.4. The van der Waals surface area contributed by atoms with Crippen LogP contribution in [0.2, 0.25) is 0 Å². The van der Waals surface area contributed by atoms with Gasteiger partial charge in [0.25, 0.3) is 5.91 Å². The van der Waals surface area contributed by atoms with Crippen LogP contribution < -0.4 is 5.32 Å². The lowest BCUT2D eigenvalue weighted by Crippen LogP contribution is -2.33. The number of ether oxygens (including phenoxy) is 1. The van der Waals surface area contributed by atoms with Crippen molar-refractivity contribution in [3.63, 3.8) is 0 Å². The van der Waals surface area contributed by atoms with Gasteiger partial charge in [0.1, 0.15) is 12.3 Å². The van der Waals surface area contributed by atoms with E-state index in [1.807, 2.05) is 24.3 Å². The average molecular weight is 586 g/mol. The number of aromatic hydroxyl groups is 1. The number of aryl methyl sites for hydroxylation is 1. The van der Waals surface area contributed by atoms with Crippen LogP contribution in [0.15, 0.2) is 42.5 Å².